The molecule has 2 aliphatic rings. The van der Waals surface area contributed by atoms with Gasteiger partial charge in [0.2, 0.25) is 5.91 Å². The molecule has 1 aliphatic heterocycles. The van der Waals surface area contributed by atoms with Crippen LogP contribution in [0, 0.1) is 6.92 Å². The first kappa shape index (κ1) is 23.3. The minimum Gasteiger partial charge on any atom is -0.493 e. The zero-order chi connectivity index (χ0) is 24.5. The number of hydrogen-bond acceptors (Lipinski definition) is 5. The summed E-state index contributed by atoms with van der Waals surface area (Å²) in [5.74, 6) is 1.33. The van der Waals surface area contributed by atoms with Crippen molar-refractivity contribution in [1.82, 2.24) is 9.47 Å². The molecule has 3 aromatic rings. The van der Waals surface area contributed by atoms with Crippen LogP contribution in [0.25, 0.3) is 10.9 Å². The monoisotopic (exact) mass is 476 g/mol. The Hall–Kier alpha value is -3.48. The molecule has 0 spiro atoms. The van der Waals surface area contributed by atoms with E-state index in [2.05, 4.69) is 0 Å². The summed E-state index contributed by atoms with van der Waals surface area (Å²) in [6, 6.07) is 13.6. The average molecular weight is 477 g/mol. The maximum Gasteiger partial charge on any atom is 0.410 e. The van der Waals surface area contributed by atoms with Crippen LogP contribution in [0.15, 0.2) is 42.5 Å². The lowest BCUT2D eigenvalue weighted by Gasteiger charge is -2.32. The van der Waals surface area contributed by atoms with Gasteiger partial charge in [0.1, 0.15) is 6.10 Å². The maximum atomic E-state index is 13.0. The third-order valence-electron chi connectivity index (χ3n) is 7.23. The van der Waals surface area contributed by atoms with Gasteiger partial charge in [-0.1, -0.05) is 24.3 Å². The molecular formula is C28H32N2O5. The molecule has 1 aromatic heterocycles. The molecule has 0 N–H and O–H groups in total. The number of aromatic nitrogens is 1. The van der Waals surface area contributed by atoms with Crippen LogP contribution in [-0.2, 0) is 11.3 Å². The van der Waals surface area contributed by atoms with E-state index in [1.54, 1.807) is 23.5 Å². The molecule has 7 nitrogen and oxygen atoms in total. The van der Waals surface area contributed by atoms with Gasteiger partial charge < -0.3 is 19.1 Å². The molecular weight excluding hydrogens is 444 g/mol. The van der Waals surface area contributed by atoms with Crippen LogP contribution < -0.4 is 9.47 Å². The fourth-order valence-electron chi connectivity index (χ4n) is 5.35. The highest BCUT2D eigenvalue weighted by Gasteiger charge is 2.31. The van der Waals surface area contributed by atoms with Crippen LogP contribution in [0.4, 0.5) is 4.79 Å². The van der Waals surface area contributed by atoms with Gasteiger partial charge in [-0.3, -0.25) is 9.36 Å². The van der Waals surface area contributed by atoms with Gasteiger partial charge in [-0.15, -0.1) is 0 Å². The van der Waals surface area contributed by atoms with Crippen molar-refractivity contribution in [3.05, 3.63) is 59.3 Å². The number of amides is 1. The second kappa shape index (κ2) is 9.64. The first-order chi connectivity index (χ1) is 17.0. The van der Waals surface area contributed by atoms with E-state index in [9.17, 15) is 9.59 Å². The Morgan fingerprint density at radius 1 is 1.09 bits per heavy atom. The van der Waals surface area contributed by atoms with E-state index in [-0.39, 0.29) is 24.2 Å². The predicted molar refractivity (Wildman–Crippen MR) is 133 cm³/mol. The van der Waals surface area contributed by atoms with Gasteiger partial charge in [-0.2, -0.15) is 0 Å². The summed E-state index contributed by atoms with van der Waals surface area (Å²) in [4.78, 5) is 27.2. The first-order valence-corrected chi connectivity index (χ1v) is 12.4. The predicted octanol–water partition coefficient (Wildman–Crippen LogP) is 6.02. The van der Waals surface area contributed by atoms with Crippen LogP contribution >= 0.6 is 0 Å². The Labute approximate surface area is 205 Å². The van der Waals surface area contributed by atoms with Gasteiger partial charge in [0.05, 0.1) is 25.3 Å². The van der Waals surface area contributed by atoms with E-state index in [4.69, 9.17) is 14.2 Å². The van der Waals surface area contributed by atoms with Crippen molar-refractivity contribution in [2.45, 2.75) is 64.7 Å². The number of aryl methyl sites for hydroxylation is 1. The average Bonchev–Trinajstić information content (AvgIpc) is 3.46. The minimum atomic E-state index is -0.380. The van der Waals surface area contributed by atoms with E-state index < -0.39 is 0 Å². The minimum absolute atomic E-state index is 0.0689. The highest BCUT2D eigenvalue weighted by molar-refractivity contribution is 5.95. The highest BCUT2D eigenvalue weighted by atomic mass is 16.6. The molecule has 5 rings (SSSR count). The van der Waals surface area contributed by atoms with Crippen molar-refractivity contribution in [3.8, 4) is 11.5 Å². The molecule has 1 unspecified atom stereocenters. The Morgan fingerprint density at radius 2 is 1.86 bits per heavy atom. The number of nitrogens with zero attached hydrogens (tertiary/aromatic N) is 2. The number of fused-ring (bicyclic) bond motifs is 1. The number of para-hydroxylation sites is 1. The lowest BCUT2D eigenvalue weighted by atomic mass is 10.0. The molecule has 1 saturated carbocycles. The van der Waals surface area contributed by atoms with Crippen LogP contribution in [0.2, 0.25) is 0 Å². The number of hydrogen-bond donors (Lipinski definition) is 0. The molecule has 1 aliphatic carbocycles. The molecule has 2 fully saturated rings. The molecule has 1 amide bonds. The summed E-state index contributed by atoms with van der Waals surface area (Å²) in [5, 5.41) is 1.02. The molecule has 35 heavy (non-hydrogen) atoms. The number of benzene rings is 2. The van der Waals surface area contributed by atoms with E-state index in [1.807, 2.05) is 49.4 Å². The number of methoxy groups -OCH3 is 1. The molecule has 7 heteroatoms. The number of cyclic esters (lactones) is 1. The Morgan fingerprint density at radius 3 is 2.57 bits per heavy atom. The van der Waals surface area contributed by atoms with E-state index in [0.717, 1.165) is 40.6 Å². The number of carbonyl (C=O) groups excluding carboxylic acids is 2. The molecule has 2 heterocycles. The summed E-state index contributed by atoms with van der Waals surface area (Å²) < 4.78 is 19.3. The number of rotatable bonds is 6. The Kier molecular flexibility index (Phi) is 6.41. The van der Waals surface area contributed by atoms with Crippen molar-refractivity contribution >= 4 is 22.9 Å². The van der Waals surface area contributed by atoms with Crippen molar-refractivity contribution < 1.29 is 23.8 Å². The van der Waals surface area contributed by atoms with Gasteiger partial charge in [-0.25, -0.2) is 4.79 Å². The lowest BCUT2D eigenvalue weighted by molar-refractivity contribution is 0.0208. The van der Waals surface area contributed by atoms with Gasteiger partial charge in [0.25, 0.3) is 0 Å². The Bertz CT molecular complexity index is 1260. The zero-order valence-corrected chi connectivity index (χ0v) is 20.6. The molecule has 184 valence electrons. The quantitative estimate of drug-likeness (QED) is 0.435. The van der Waals surface area contributed by atoms with Crippen molar-refractivity contribution in [1.29, 1.82) is 0 Å². The second-order valence-corrected chi connectivity index (χ2v) is 9.46. The highest BCUT2D eigenvalue weighted by Crippen LogP contribution is 2.37. The normalized spacial score (nSPS) is 18.7. The standard InChI is InChI=1S/C28H32N2O5/c1-18-22-10-6-7-11-23(22)30(19(2)31)24(18)17-29-15-14-25(35-28(29)32)20-12-13-26(33-3)27(16-20)34-21-8-4-5-9-21/h6-7,10-13,16,21,25H,4-5,8-9,14-15,17H2,1-3H3. The number of carbonyl (C=O) groups is 2. The fourth-order valence-corrected chi connectivity index (χ4v) is 5.35. The smallest absolute Gasteiger partial charge is 0.410 e. The summed E-state index contributed by atoms with van der Waals surface area (Å²) in [6.45, 7) is 4.41. The van der Waals surface area contributed by atoms with Crippen LogP contribution in [0.3, 0.4) is 0 Å². The van der Waals surface area contributed by atoms with Crippen LogP contribution in [0.1, 0.15) is 66.7 Å². The lowest BCUT2D eigenvalue weighted by Crippen LogP contribution is -2.39. The topological polar surface area (TPSA) is 70.0 Å². The first-order valence-electron chi connectivity index (χ1n) is 12.4. The Balaban J connectivity index is 1.33. The summed E-state index contributed by atoms with van der Waals surface area (Å²) in [5.41, 5.74) is 3.60. The van der Waals surface area contributed by atoms with Crippen molar-refractivity contribution in [2.24, 2.45) is 0 Å². The molecule has 0 bridgehead atoms. The van der Waals surface area contributed by atoms with Gasteiger partial charge in [-0.05, 0) is 61.9 Å². The van der Waals surface area contributed by atoms with Gasteiger partial charge >= 0.3 is 6.09 Å². The van der Waals surface area contributed by atoms with Crippen molar-refractivity contribution in [2.75, 3.05) is 13.7 Å². The SMILES string of the molecule is COc1ccc(C2CCN(Cc3c(C)c4ccccc4n3C(C)=O)C(=O)O2)cc1OC1CCCC1. The third-order valence-corrected chi connectivity index (χ3v) is 7.23. The maximum absolute atomic E-state index is 13.0. The summed E-state index contributed by atoms with van der Waals surface area (Å²) in [6.07, 6.45) is 4.61. The van der Waals surface area contributed by atoms with Crippen LogP contribution in [-0.4, -0.2) is 41.2 Å². The fraction of sp³-hybridized carbons (Fsp3) is 0.429. The third kappa shape index (κ3) is 4.47. The van der Waals surface area contributed by atoms with E-state index >= 15 is 0 Å². The van der Waals surface area contributed by atoms with Gasteiger partial charge in [0, 0.05) is 31.0 Å². The molecule has 1 saturated heterocycles. The number of ether oxygens (including phenoxy) is 3. The summed E-state index contributed by atoms with van der Waals surface area (Å²) in [7, 11) is 1.64. The molecule has 1 atom stereocenters. The van der Waals surface area contributed by atoms with Gasteiger partial charge in [0.15, 0.2) is 11.5 Å². The molecule has 2 aromatic carbocycles. The van der Waals surface area contributed by atoms with Crippen molar-refractivity contribution in [3.63, 3.8) is 0 Å². The largest absolute Gasteiger partial charge is 0.493 e. The van der Waals surface area contributed by atoms with Crippen LogP contribution in [0.5, 0.6) is 11.5 Å². The molecule has 0 radical (unpaired) electrons. The second-order valence-electron chi connectivity index (χ2n) is 9.46. The van der Waals surface area contributed by atoms with E-state index in [0.29, 0.717) is 31.0 Å². The van der Waals surface area contributed by atoms with E-state index in [1.165, 1.54) is 12.8 Å². The summed E-state index contributed by atoms with van der Waals surface area (Å²) >= 11 is 0. The zero-order valence-electron chi connectivity index (χ0n) is 20.6.